The lowest BCUT2D eigenvalue weighted by atomic mass is 9.98. The summed E-state index contributed by atoms with van der Waals surface area (Å²) in [6, 6.07) is 0. The molecule has 0 aromatic carbocycles. The zero-order chi connectivity index (χ0) is 9.03. The predicted molar refractivity (Wildman–Crippen MR) is 48.0 cm³/mol. The van der Waals surface area contributed by atoms with Gasteiger partial charge in [0.2, 0.25) is 0 Å². The Morgan fingerprint density at radius 3 is 3.00 bits per heavy atom. The lowest BCUT2D eigenvalue weighted by Crippen LogP contribution is -2.34. The van der Waals surface area contributed by atoms with Gasteiger partial charge in [-0.1, -0.05) is 29.8 Å². The van der Waals surface area contributed by atoms with Crippen molar-refractivity contribution < 1.29 is 9.53 Å². The third kappa shape index (κ3) is 1.76. The van der Waals surface area contributed by atoms with E-state index in [4.69, 9.17) is 16.3 Å². The van der Waals surface area contributed by atoms with Gasteiger partial charge in [-0.15, -0.1) is 0 Å². The SMILES string of the molecule is CCOC1(Cl)C=CC=CC1C=O. The van der Waals surface area contributed by atoms with Gasteiger partial charge in [-0.25, -0.2) is 0 Å². The molecule has 1 aliphatic carbocycles. The molecule has 0 aromatic rings. The molecule has 0 bridgehead atoms. The molecule has 0 spiro atoms. The zero-order valence-electron chi connectivity index (χ0n) is 6.87. The van der Waals surface area contributed by atoms with Crippen LogP contribution in [-0.2, 0) is 9.53 Å². The van der Waals surface area contributed by atoms with E-state index in [2.05, 4.69) is 0 Å². The maximum absolute atomic E-state index is 10.6. The zero-order valence-corrected chi connectivity index (χ0v) is 7.62. The van der Waals surface area contributed by atoms with Crippen molar-refractivity contribution in [1.82, 2.24) is 0 Å². The Kier molecular flexibility index (Phi) is 3.06. The summed E-state index contributed by atoms with van der Waals surface area (Å²) in [5, 5.41) is -0.967. The first kappa shape index (κ1) is 9.49. The van der Waals surface area contributed by atoms with E-state index in [1.54, 1.807) is 24.3 Å². The van der Waals surface area contributed by atoms with Gasteiger partial charge < -0.3 is 9.53 Å². The molecule has 66 valence electrons. The fourth-order valence-corrected chi connectivity index (χ4v) is 1.42. The van der Waals surface area contributed by atoms with E-state index in [9.17, 15) is 4.79 Å². The van der Waals surface area contributed by atoms with Crippen molar-refractivity contribution in [3.63, 3.8) is 0 Å². The maximum atomic E-state index is 10.6. The van der Waals surface area contributed by atoms with Crippen molar-refractivity contribution in [3.05, 3.63) is 24.3 Å². The average Bonchev–Trinajstić information content (AvgIpc) is 2.05. The number of allylic oxidation sites excluding steroid dienone is 2. The molecule has 0 N–H and O–H groups in total. The molecular weight excluding hydrogens is 176 g/mol. The third-order valence-corrected chi connectivity index (χ3v) is 2.21. The molecule has 0 saturated carbocycles. The van der Waals surface area contributed by atoms with E-state index in [0.717, 1.165) is 6.29 Å². The van der Waals surface area contributed by atoms with Crippen LogP contribution in [0.15, 0.2) is 24.3 Å². The van der Waals surface area contributed by atoms with E-state index in [1.165, 1.54) is 0 Å². The minimum Gasteiger partial charge on any atom is -0.355 e. The highest BCUT2D eigenvalue weighted by Crippen LogP contribution is 2.31. The van der Waals surface area contributed by atoms with E-state index in [1.807, 2.05) is 6.92 Å². The van der Waals surface area contributed by atoms with Gasteiger partial charge in [-0.3, -0.25) is 0 Å². The Hall–Kier alpha value is -0.600. The molecular formula is C9H11ClO2. The van der Waals surface area contributed by atoms with Crippen LogP contribution in [-0.4, -0.2) is 18.0 Å². The van der Waals surface area contributed by atoms with Gasteiger partial charge in [0.1, 0.15) is 6.29 Å². The summed E-state index contributed by atoms with van der Waals surface area (Å²) >= 11 is 6.05. The first-order valence-corrected chi connectivity index (χ1v) is 4.25. The molecule has 0 aromatic heterocycles. The molecule has 0 aliphatic heterocycles. The first-order valence-electron chi connectivity index (χ1n) is 3.87. The number of hydrogen-bond donors (Lipinski definition) is 0. The first-order chi connectivity index (χ1) is 5.73. The van der Waals surface area contributed by atoms with Gasteiger partial charge >= 0.3 is 0 Å². The monoisotopic (exact) mass is 186 g/mol. The topological polar surface area (TPSA) is 26.3 Å². The number of halogens is 1. The highest BCUT2D eigenvalue weighted by atomic mass is 35.5. The van der Waals surface area contributed by atoms with Gasteiger partial charge in [0.25, 0.3) is 0 Å². The lowest BCUT2D eigenvalue weighted by molar-refractivity contribution is -0.114. The van der Waals surface area contributed by atoms with Gasteiger partial charge in [0.15, 0.2) is 5.06 Å². The van der Waals surface area contributed by atoms with Crippen molar-refractivity contribution in [3.8, 4) is 0 Å². The molecule has 2 unspecified atom stereocenters. The van der Waals surface area contributed by atoms with Crippen molar-refractivity contribution in [2.24, 2.45) is 5.92 Å². The number of aldehydes is 1. The number of alkyl halides is 1. The maximum Gasteiger partial charge on any atom is 0.173 e. The molecule has 1 rings (SSSR count). The number of carbonyl (C=O) groups excluding carboxylic acids is 1. The van der Waals surface area contributed by atoms with E-state index < -0.39 is 5.06 Å². The van der Waals surface area contributed by atoms with Crippen molar-refractivity contribution in [2.45, 2.75) is 12.0 Å². The van der Waals surface area contributed by atoms with Crippen LogP contribution >= 0.6 is 11.6 Å². The highest BCUT2D eigenvalue weighted by Gasteiger charge is 2.34. The van der Waals surface area contributed by atoms with Crippen LogP contribution in [0.4, 0.5) is 0 Å². The van der Waals surface area contributed by atoms with Crippen LogP contribution < -0.4 is 0 Å². The van der Waals surface area contributed by atoms with Crippen LogP contribution in [0.3, 0.4) is 0 Å². The van der Waals surface area contributed by atoms with Crippen LogP contribution in [0.25, 0.3) is 0 Å². The minimum absolute atomic E-state index is 0.385. The minimum atomic E-state index is -0.967. The van der Waals surface area contributed by atoms with Crippen LogP contribution in [0.2, 0.25) is 0 Å². The van der Waals surface area contributed by atoms with Gasteiger partial charge in [0, 0.05) is 6.61 Å². The van der Waals surface area contributed by atoms with Gasteiger partial charge in [-0.2, -0.15) is 0 Å². The average molecular weight is 187 g/mol. The molecule has 1 aliphatic rings. The molecule has 12 heavy (non-hydrogen) atoms. The number of ether oxygens (including phenoxy) is 1. The van der Waals surface area contributed by atoms with Gasteiger partial charge in [-0.05, 0) is 13.0 Å². The second-order valence-electron chi connectivity index (χ2n) is 2.54. The Morgan fingerprint density at radius 2 is 2.42 bits per heavy atom. The largest absolute Gasteiger partial charge is 0.355 e. The van der Waals surface area contributed by atoms with E-state index in [0.29, 0.717) is 6.61 Å². The fourth-order valence-electron chi connectivity index (χ4n) is 1.12. The quantitative estimate of drug-likeness (QED) is 0.497. The summed E-state index contributed by atoms with van der Waals surface area (Å²) in [7, 11) is 0. The summed E-state index contributed by atoms with van der Waals surface area (Å²) in [5.41, 5.74) is 0. The van der Waals surface area contributed by atoms with E-state index >= 15 is 0 Å². The summed E-state index contributed by atoms with van der Waals surface area (Å²) in [4.78, 5) is 10.6. The summed E-state index contributed by atoms with van der Waals surface area (Å²) in [5.74, 6) is -0.385. The second kappa shape index (κ2) is 3.87. The molecule has 0 amide bonds. The van der Waals surface area contributed by atoms with Crippen LogP contribution in [0.1, 0.15) is 6.92 Å². The molecule has 2 nitrogen and oxygen atoms in total. The smallest absolute Gasteiger partial charge is 0.173 e. The molecule has 0 saturated heterocycles. The summed E-state index contributed by atoms with van der Waals surface area (Å²) in [6.07, 6.45) is 7.79. The molecule has 0 fully saturated rings. The van der Waals surface area contributed by atoms with E-state index in [-0.39, 0.29) is 5.92 Å². The third-order valence-electron chi connectivity index (χ3n) is 1.72. The predicted octanol–water partition coefficient (Wildman–Crippen LogP) is 1.90. The Labute approximate surface area is 76.9 Å². The summed E-state index contributed by atoms with van der Waals surface area (Å²) in [6.45, 7) is 2.34. The second-order valence-corrected chi connectivity index (χ2v) is 3.13. The number of rotatable bonds is 3. The van der Waals surface area contributed by atoms with Crippen LogP contribution in [0.5, 0.6) is 0 Å². The Morgan fingerprint density at radius 1 is 1.67 bits per heavy atom. The Bertz CT molecular complexity index is 223. The van der Waals surface area contributed by atoms with Crippen molar-refractivity contribution in [1.29, 1.82) is 0 Å². The molecule has 2 atom stereocenters. The van der Waals surface area contributed by atoms with Crippen molar-refractivity contribution >= 4 is 17.9 Å². The molecule has 0 radical (unpaired) electrons. The fraction of sp³-hybridized carbons (Fsp3) is 0.444. The molecule has 3 heteroatoms. The summed E-state index contributed by atoms with van der Waals surface area (Å²) < 4.78 is 5.27. The Balaban J connectivity index is 2.78. The lowest BCUT2D eigenvalue weighted by Gasteiger charge is -2.28. The standard InChI is InChI=1S/C9H11ClO2/c1-2-12-9(10)6-4-3-5-8(9)7-11/h3-8H,2H2,1H3. The van der Waals surface area contributed by atoms with Crippen molar-refractivity contribution in [2.75, 3.05) is 6.61 Å². The highest BCUT2D eigenvalue weighted by molar-refractivity contribution is 6.25. The van der Waals surface area contributed by atoms with Gasteiger partial charge in [0.05, 0.1) is 5.92 Å². The normalized spacial score (nSPS) is 33.7. The number of hydrogen-bond acceptors (Lipinski definition) is 2. The van der Waals surface area contributed by atoms with Crippen LogP contribution in [0, 0.1) is 5.92 Å². The number of carbonyl (C=O) groups is 1. The molecule has 0 heterocycles.